The lowest BCUT2D eigenvalue weighted by Gasteiger charge is -2.22. The number of para-hydroxylation sites is 1. The minimum atomic E-state index is -0.223. The predicted molar refractivity (Wildman–Crippen MR) is 96.6 cm³/mol. The maximum absolute atomic E-state index is 12.7. The monoisotopic (exact) mass is 349 g/mol. The SMILES string of the molecule is CC(C)[C@H](Cn1nnc2ccccc21)NC(=O)c1cc2ncccn2n1. The smallest absolute Gasteiger partial charge is 0.272 e. The number of carbonyl (C=O) groups is 1. The standard InChI is InChI=1S/C18H19N7O/c1-12(2)15(11-25-16-7-4-3-6-13(16)21-23-25)20-18(26)14-10-17-19-8-5-9-24(17)22-14/h3-10,12,15H,11H2,1-2H3,(H,20,26)/t15-/m0/s1. The highest BCUT2D eigenvalue weighted by molar-refractivity contribution is 5.93. The van der Waals surface area contributed by atoms with E-state index in [1.54, 1.807) is 29.0 Å². The molecule has 0 aliphatic heterocycles. The molecule has 3 aromatic heterocycles. The van der Waals surface area contributed by atoms with Gasteiger partial charge in [-0.1, -0.05) is 31.2 Å². The van der Waals surface area contributed by atoms with Gasteiger partial charge in [0.15, 0.2) is 11.3 Å². The molecule has 0 saturated heterocycles. The zero-order chi connectivity index (χ0) is 18.1. The summed E-state index contributed by atoms with van der Waals surface area (Å²) in [7, 11) is 0. The lowest BCUT2D eigenvalue weighted by Crippen LogP contribution is -2.42. The van der Waals surface area contributed by atoms with Gasteiger partial charge in [-0.05, 0) is 24.1 Å². The van der Waals surface area contributed by atoms with E-state index < -0.39 is 0 Å². The lowest BCUT2D eigenvalue weighted by atomic mass is 10.0. The largest absolute Gasteiger partial charge is 0.346 e. The summed E-state index contributed by atoms with van der Waals surface area (Å²) in [4.78, 5) is 16.9. The van der Waals surface area contributed by atoms with E-state index in [9.17, 15) is 4.79 Å². The topological polar surface area (TPSA) is 90.0 Å². The first-order chi connectivity index (χ1) is 12.6. The predicted octanol–water partition coefficient (Wildman–Crippen LogP) is 1.93. The zero-order valence-corrected chi connectivity index (χ0v) is 14.6. The van der Waals surface area contributed by atoms with Crippen LogP contribution in [-0.2, 0) is 6.54 Å². The van der Waals surface area contributed by atoms with Gasteiger partial charge in [-0.3, -0.25) is 4.79 Å². The van der Waals surface area contributed by atoms with Crippen molar-refractivity contribution in [1.29, 1.82) is 0 Å². The van der Waals surface area contributed by atoms with Crippen molar-refractivity contribution >= 4 is 22.6 Å². The van der Waals surface area contributed by atoms with Crippen molar-refractivity contribution in [3.05, 3.63) is 54.5 Å². The second-order valence-electron chi connectivity index (χ2n) is 6.54. The number of aromatic nitrogens is 6. The van der Waals surface area contributed by atoms with Gasteiger partial charge in [-0.2, -0.15) is 5.10 Å². The van der Waals surface area contributed by atoms with Crippen molar-refractivity contribution in [3.63, 3.8) is 0 Å². The number of rotatable bonds is 5. The zero-order valence-electron chi connectivity index (χ0n) is 14.6. The van der Waals surface area contributed by atoms with Crippen LogP contribution in [0.5, 0.6) is 0 Å². The Hall–Kier alpha value is -3.29. The average molecular weight is 349 g/mol. The third kappa shape index (κ3) is 3.01. The summed E-state index contributed by atoms with van der Waals surface area (Å²) in [5.74, 6) is -0.00399. The second-order valence-corrected chi connectivity index (χ2v) is 6.54. The van der Waals surface area contributed by atoms with Crippen molar-refractivity contribution in [3.8, 4) is 0 Å². The molecule has 1 aromatic carbocycles. The Balaban J connectivity index is 1.55. The number of amides is 1. The first-order valence-corrected chi connectivity index (χ1v) is 8.51. The van der Waals surface area contributed by atoms with Gasteiger partial charge in [-0.25, -0.2) is 14.2 Å². The molecule has 0 radical (unpaired) electrons. The summed E-state index contributed by atoms with van der Waals surface area (Å²) >= 11 is 0. The Morgan fingerprint density at radius 2 is 2.08 bits per heavy atom. The van der Waals surface area contributed by atoms with Crippen molar-refractivity contribution < 1.29 is 4.79 Å². The van der Waals surface area contributed by atoms with Gasteiger partial charge in [0, 0.05) is 18.5 Å². The molecular formula is C18H19N7O. The number of hydrogen-bond donors (Lipinski definition) is 1. The van der Waals surface area contributed by atoms with E-state index in [-0.39, 0.29) is 17.9 Å². The van der Waals surface area contributed by atoms with Gasteiger partial charge < -0.3 is 5.32 Å². The minimum Gasteiger partial charge on any atom is -0.346 e. The van der Waals surface area contributed by atoms with Gasteiger partial charge in [0.1, 0.15) is 5.52 Å². The van der Waals surface area contributed by atoms with Crippen LogP contribution in [0.2, 0.25) is 0 Å². The molecule has 0 aliphatic carbocycles. The van der Waals surface area contributed by atoms with Crippen LogP contribution in [0.1, 0.15) is 24.3 Å². The fourth-order valence-corrected chi connectivity index (χ4v) is 2.85. The molecule has 0 spiro atoms. The molecule has 26 heavy (non-hydrogen) atoms. The molecule has 0 aliphatic rings. The fourth-order valence-electron chi connectivity index (χ4n) is 2.85. The van der Waals surface area contributed by atoms with Crippen molar-refractivity contribution in [2.45, 2.75) is 26.4 Å². The highest BCUT2D eigenvalue weighted by Gasteiger charge is 2.21. The van der Waals surface area contributed by atoms with Crippen LogP contribution in [0.25, 0.3) is 16.7 Å². The molecular weight excluding hydrogens is 330 g/mol. The molecule has 1 N–H and O–H groups in total. The Bertz CT molecular complexity index is 1030. The first-order valence-electron chi connectivity index (χ1n) is 8.51. The molecule has 0 bridgehead atoms. The Labute approximate surface area is 149 Å². The fraction of sp³-hybridized carbons (Fsp3) is 0.278. The van der Waals surface area contributed by atoms with E-state index in [0.717, 1.165) is 11.0 Å². The quantitative estimate of drug-likeness (QED) is 0.594. The normalized spacial score (nSPS) is 12.7. The number of fused-ring (bicyclic) bond motifs is 2. The minimum absolute atomic E-state index is 0.106. The van der Waals surface area contributed by atoms with Gasteiger partial charge >= 0.3 is 0 Å². The van der Waals surface area contributed by atoms with E-state index in [0.29, 0.717) is 17.9 Å². The van der Waals surface area contributed by atoms with E-state index >= 15 is 0 Å². The van der Waals surface area contributed by atoms with Gasteiger partial charge in [0.05, 0.1) is 18.1 Å². The van der Waals surface area contributed by atoms with Gasteiger partial charge in [0.2, 0.25) is 0 Å². The number of carbonyl (C=O) groups excluding carboxylic acids is 1. The highest BCUT2D eigenvalue weighted by atomic mass is 16.2. The summed E-state index contributed by atoms with van der Waals surface area (Å²) in [6.45, 7) is 4.67. The molecule has 0 unspecified atom stereocenters. The summed E-state index contributed by atoms with van der Waals surface area (Å²) in [5.41, 5.74) is 2.77. The molecule has 1 amide bonds. The van der Waals surface area contributed by atoms with E-state index in [4.69, 9.17) is 0 Å². The van der Waals surface area contributed by atoms with Crippen molar-refractivity contribution in [2.75, 3.05) is 0 Å². The second kappa shape index (κ2) is 6.55. The molecule has 1 atom stereocenters. The Morgan fingerprint density at radius 1 is 1.23 bits per heavy atom. The average Bonchev–Trinajstić information content (AvgIpc) is 3.25. The molecule has 0 saturated carbocycles. The van der Waals surface area contributed by atoms with Gasteiger partial charge in [-0.15, -0.1) is 5.10 Å². The molecule has 132 valence electrons. The van der Waals surface area contributed by atoms with E-state index in [1.165, 1.54) is 0 Å². The summed E-state index contributed by atoms with van der Waals surface area (Å²) in [6.07, 6.45) is 3.44. The van der Waals surface area contributed by atoms with Gasteiger partial charge in [0.25, 0.3) is 5.91 Å². The lowest BCUT2D eigenvalue weighted by molar-refractivity contribution is 0.0914. The van der Waals surface area contributed by atoms with Crippen molar-refractivity contribution in [1.82, 2.24) is 34.9 Å². The summed E-state index contributed by atoms with van der Waals surface area (Å²) in [6, 6.07) is 11.1. The molecule has 0 fully saturated rings. The van der Waals surface area contributed by atoms with Crippen LogP contribution >= 0.6 is 0 Å². The Morgan fingerprint density at radius 3 is 2.88 bits per heavy atom. The van der Waals surface area contributed by atoms with Crippen molar-refractivity contribution in [2.24, 2.45) is 5.92 Å². The first kappa shape index (κ1) is 16.2. The van der Waals surface area contributed by atoms with E-state index in [1.807, 2.05) is 28.9 Å². The molecule has 4 aromatic rings. The third-order valence-electron chi connectivity index (χ3n) is 4.38. The highest BCUT2D eigenvalue weighted by Crippen LogP contribution is 2.13. The number of nitrogens with one attached hydrogen (secondary N) is 1. The molecule has 8 nitrogen and oxygen atoms in total. The molecule has 4 rings (SSSR count). The molecule has 3 heterocycles. The number of hydrogen-bond acceptors (Lipinski definition) is 5. The van der Waals surface area contributed by atoms with E-state index in [2.05, 4.69) is 39.6 Å². The third-order valence-corrected chi connectivity index (χ3v) is 4.38. The van der Waals surface area contributed by atoms with Crippen LogP contribution in [0.15, 0.2) is 48.8 Å². The van der Waals surface area contributed by atoms with Crippen LogP contribution in [0, 0.1) is 5.92 Å². The maximum Gasteiger partial charge on any atom is 0.272 e. The summed E-state index contributed by atoms with van der Waals surface area (Å²) < 4.78 is 3.41. The Kier molecular flexibility index (Phi) is 4.08. The maximum atomic E-state index is 12.7. The summed E-state index contributed by atoms with van der Waals surface area (Å²) in [5, 5.41) is 15.7. The van der Waals surface area contributed by atoms with Crippen LogP contribution in [0.3, 0.4) is 0 Å². The number of nitrogens with zero attached hydrogens (tertiary/aromatic N) is 6. The van der Waals surface area contributed by atoms with Crippen LogP contribution in [0.4, 0.5) is 0 Å². The number of benzene rings is 1. The van der Waals surface area contributed by atoms with Crippen LogP contribution < -0.4 is 5.32 Å². The molecule has 8 heteroatoms. The van der Waals surface area contributed by atoms with Crippen LogP contribution in [-0.4, -0.2) is 41.5 Å².